The van der Waals surface area contributed by atoms with Gasteiger partial charge in [0.2, 0.25) is 0 Å². The molecule has 0 aliphatic rings. The van der Waals surface area contributed by atoms with Crippen molar-refractivity contribution in [1.82, 2.24) is 10.2 Å². The first-order chi connectivity index (χ1) is 12.7. The molecular formula is C22H17FN2S. The van der Waals surface area contributed by atoms with Crippen molar-refractivity contribution in [3.05, 3.63) is 89.7 Å². The van der Waals surface area contributed by atoms with E-state index < -0.39 is 0 Å². The molecule has 0 radical (unpaired) electrons. The first kappa shape index (κ1) is 16.7. The number of aromatic nitrogens is 2. The summed E-state index contributed by atoms with van der Waals surface area (Å²) in [6, 6.07) is 23.0. The molecule has 0 spiro atoms. The van der Waals surface area contributed by atoms with E-state index in [4.69, 9.17) is 0 Å². The third-order valence-electron chi connectivity index (χ3n) is 4.23. The van der Waals surface area contributed by atoms with Crippen LogP contribution < -0.4 is 0 Å². The van der Waals surface area contributed by atoms with E-state index in [0.29, 0.717) is 0 Å². The molecule has 0 aliphatic carbocycles. The zero-order valence-electron chi connectivity index (χ0n) is 14.3. The fourth-order valence-corrected chi connectivity index (χ4v) is 3.88. The van der Waals surface area contributed by atoms with Gasteiger partial charge >= 0.3 is 0 Å². The third kappa shape index (κ3) is 3.46. The van der Waals surface area contributed by atoms with E-state index >= 15 is 0 Å². The zero-order valence-corrected chi connectivity index (χ0v) is 15.1. The van der Waals surface area contributed by atoms with Gasteiger partial charge < -0.3 is 0 Å². The van der Waals surface area contributed by atoms with Crippen LogP contribution in [0.25, 0.3) is 22.0 Å². The topological polar surface area (TPSA) is 25.8 Å². The summed E-state index contributed by atoms with van der Waals surface area (Å²) in [5.74, 6) is 0.590. The Morgan fingerprint density at radius 2 is 1.62 bits per heavy atom. The van der Waals surface area contributed by atoms with Crippen LogP contribution in [0.15, 0.2) is 77.8 Å². The summed E-state index contributed by atoms with van der Waals surface area (Å²) in [5, 5.41) is 11.9. The van der Waals surface area contributed by atoms with Gasteiger partial charge in [0, 0.05) is 22.1 Å². The molecule has 0 saturated heterocycles. The number of thioether (sulfide) groups is 1. The van der Waals surface area contributed by atoms with E-state index in [1.165, 1.54) is 23.3 Å². The molecule has 0 aliphatic heterocycles. The minimum atomic E-state index is -0.253. The number of hydrogen-bond acceptors (Lipinski definition) is 3. The normalized spacial score (nSPS) is 11.0. The Bertz CT molecular complexity index is 1060. The monoisotopic (exact) mass is 360 g/mol. The molecule has 4 aromatic rings. The van der Waals surface area contributed by atoms with Crippen LogP contribution >= 0.6 is 11.8 Å². The fraction of sp³-hybridized carbons (Fsp3) is 0.0909. The second-order valence-electron chi connectivity index (χ2n) is 6.18. The summed E-state index contributed by atoms with van der Waals surface area (Å²) in [6.45, 7) is 2.10. The van der Waals surface area contributed by atoms with Crippen molar-refractivity contribution in [3.8, 4) is 11.3 Å². The molecule has 4 heteroatoms. The molecule has 4 rings (SSSR count). The highest BCUT2D eigenvalue weighted by Crippen LogP contribution is 2.33. The van der Waals surface area contributed by atoms with Crippen LogP contribution in [0, 0.1) is 12.7 Å². The molecule has 0 N–H and O–H groups in total. The van der Waals surface area contributed by atoms with Crippen LogP contribution in [0.1, 0.15) is 11.1 Å². The van der Waals surface area contributed by atoms with Crippen LogP contribution in [0.3, 0.4) is 0 Å². The molecule has 0 bridgehead atoms. The van der Waals surface area contributed by atoms with E-state index in [1.54, 1.807) is 23.9 Å². The summed E-state index contributed by atoms with van der Waals surface area (Å²) in [4.78, 5) is 0. The largest absolute Gasteiger partial charge is 0.207 e. The Hall–Kier alpha value is -2.72. The number of benzene rings is 3. The predicted octanol–water partition coefficient (Wildman–Crippen LogP) is 6.04. The Labute approximate surface area is 156 Å². The van der Waals surface area contributed by atoms with Gasteiger partial charge in [-0.3, -0.25) is 0 Å². The number of aryl methyl sites for hydroxylation is 1. The minimum absolute atomic E-state index is 0.253. The zero-order chi connectivity index (χ0) is 17.9. The van der Waals surface area contributed by atoms with Gasteiger partial charge in [-0.2, -0.15) is 0 Å². The van der Waals surface area contributed by atoms with E-state index in [-0.39, 0.29) is 5.82 Å². The molecule has 0 amide bonds. The summed E-state index contributed by atoms with van der Waals surface area (Å²) >= 11 is 1.68. The van der Waals surface area contributed by atoms with Gasteiger partial charge in [0.1, 0.15) is 16.5 Å². The van der Waals surface area contributed by atoms with Crippen molar-refractivity contribution in [2.75, 3.05) is 0 Å². The van der Waals surface area contributed by atoms with E-state index in [0.717, 1.165) is 32.8 Å². The first-order valence-electron chi connectivity index (χ1n) is 8.40. The summed E-state index contributed by atoms with van der Waals surface area (Å²) in [5.41, 5.74) is 4.17. The number of nitrogens with zero attached hydrogens (tertiary/aromatic N) is 2. The molecule has 26 heavy (non-hydrogen) atoms. The Morgan fingerprint density at radius 3 is 2.38 bits per heavy atom. The molecule has 1 heterocycles. The highest BCUT2D eigenvalue weighted by Gasteiger charge is 2.11. The van der Waals surface area contributed by atoms with Gasteiger partial charge in [0.25, 0.3) is 0 Å². The number of fused-ring (bicyclic) bond motifs is 1. The van der Waals surface area contributed by atoms with E-state index in [9.17, 15) is 4.39 Å². The van der Waals surface area contributed by atoms with Crippen molar-refractivity contribution >= 4 is 22.5 Å². The average molecular weight is 360 g/mol. The van der Waals surface area contributed by atoms with Crippen molar-refractivity contribution in [1.29, 1.82) is 0 Å². The van der Waals surface area contributed by atoms with Crippen molar-refractivity contribution in [3.63, 3.8) is 0 Å². The molecule has 128 valence electrons. The highest BCUT2D eigenvalue weighted by atomic mass is 32.2. The SMILES string of the molecule is Cc1cccc(CSc2nnc(-c3ccc(F)cc3)c3ccccc23)c1. The van der Waals surface area contributed by atoms with Crippen molar-refractivity contribution in [2.45, 2.75) is 17.7 Å². The van der Waals surface area contributed by atoms with Crippen LogP contribution in [0.5, 0.6) is 0 Å². The van der Waals surface area contributed by atoms with Crippen LogP contribution in [0.4, 0.5) is 4.39 Å². The third-order valence-corrected chi connectivity index (χ3v) is 5.28. The van der Waals surface area contributed by atoms with Gasteiger partial charge in [-0.1, -0.05) is 65.9 Å². The Balaban J connectivity index is 1.71. The first-order valence-corrected chi connectivity index (χ1v) is 9.39. The summed E-state index contributed by atoms with van der Waals surface area (Å²) in [7, 11) is 0. The highest BCUT2D eigenvalue weighted by molar-refractivity contribution is 7.98. The number of rotatable bonds is 4. The molecule has 0 atom stereocenters. The molecule has 0 unspecified atom stereocenters. The lowest BCUT2D eigenvalue weighted by Crippen LogP contribution is -1.94. The summed E-state index contributed by atoms with van der Waals surface area (Å²) < 4.78 is 13.2. The van der Waals surface area contributed by atoms with Crippen LogP contribution in [-0.2, 0) is 5.75 Å². The molecule has 2 nitrogen and oxygen atoms in total. The summed E-state index contributed by atoms with van der Waals surface area (Å²) in [6.07, 6.45) is 0. The van der Waals surface area contributed by atoms with Crippen LogP contribution in [0.2, 0.25) is 0 Å². The Morgan fingerprint density at radius 1 is 0.846 bits per heavy atom. The van der Waals surface area contributed by atoms with Gasteiger partial charge in [0.15, 0.2) is 0 Å². The minimum Gasteiger partial charge on any atom is -0.207 e. The maximum Gasteiger partial charge on any atom is 0.127 e. The van der Waals surface area contributed by atoms with Gasteiger partial charge in [-0.05, 0) is 36.8 Å². The van der Waals surface area contributed by atoms with Gasteiger partial charge in [-0.15, -0.1) is 10.2 Å². The van der Waals surface area contributed by atoms with E-state index in [2.05, 4.69) is 47.5 Å². The molecule has 0 saturated carbocycles. The Kier molecular flexibility index (Phi) is 4.67. The molecule has 0 fully saturated rings. The molecule has 3 aromatic carbocycles. The average Bonchev–Trinajstić information content (AvgIpc) is 2.67. The maximum absolute atomic E-state index is 13.2. The lowest BCUT2D eigenvalue weighted by molar-refractivity contribution is 0.628. The lowest BCUT2D eigenvalue weighted by atomic mass is 10.1. The predicted molar refractivity (Wildman–Crippen MR) is 106 cm³/mol. The van der Waals surface area contributed by atoms with Crippen molar-refractivity contribution < 1.29 is 4.39 Å². The second-order valence-corrected chi connectivity index (χ2v) is 7.15. The lowest BCUT2D eigenvalue weighted by Gasteiger charge is -2.09. The number of hydrogen-bond donors (Lipinski definition) is 0. The second kappa shape index (κ2) is 7.26. The molecular weight excluding hydrogens is 343 g/mol. The van der Waals surface area contributed by atoms with Crippen LogP contribution in [-0.4, -0.2) is 10.2 Å². The number of halogens is 1. The fourth-order valence-electron chi connectivity index (χ4n) is 2.96. The smallest absolute Gasteiger partial charge is 0.127 e. The quantitative estimate of drug-likeness (QED) is 0.415. The van der Waals surface area contributed by atoms with Gasteiger partial charge in [-0.25, -0.2) is 4.39 Å². The van der Waals surface area contributed by atoms with E-state index in [1.807, 2.05) is 18.2 Å². The standard InChI is InChI=1S/C22H17FN2S/c1-15-5-4-6-16(13-15)14-26-22-20-8-3-2-7-19(20)21(24-25-22)17-9-11-18(23)12-10-17/h2-13H,14H2,1H3. The molecule has 1 aromatic heterocycles. The maximum atomic E-state index is 13.2. The van der Waals surface area contributed by atoms with Crippen molar-refractivity contribution in [2.24, 2.45) is 0 Å². The van der Waals surface area contributed by atoms with Gasteiger partial charge in [0.05, 0.1) is 0 Å².